The lowest BCUT2D eigenvalue weighted by Crippen LogP contribution is -2.64. The van der Waals surface area contributed by atoms with Crippen LogP contribution >= 0.6 is 0 Å². The molecule has 1 aromatic heterocycles. The summed E-state index contributed by atoms with van der Waals surface area (Å²) in [4.78, 5) is 12.8. The fraction of sp³-hybridized carbons (Fsp3) is 0.444. The largest absolute Gasteiger partial charge is 0.508 e. The minimum atomic E-state index is -1.84. The molecule has 228 valence electrons. The SMILES string of the molecule is C[C@@H]1O[C@@H](O[C@H]2[C@H](Oc3cc(O)c4c(=O)cc(-c5ccc(O)cc5)oc4c3O)O[C@H](CO)[C@@H](O)[C@@H]2O)[C@H](O)[C@H](O)[C@H]1O. The topological polar surface area (TPSA) is 249 Å². The van der Waals surface area contributed by atoms with Gasteiger partial charge >= 0.3 is 0 Å². The van der Waals surface area contributed by atoms with Crippen LogP contribution in [0.2, 0.25) is 0 Å². The van der Waals surface area contributed by atoms with E-state index in [1.54, 1.807) is 0 Å². The van der Waals surface area contributed by atoms with Crippen molar-refractivity contribution in [2.45, 2.75) is 68.3 Å². The van der Waals surface area contributed by atoms with Gasteiger partial charge in [0.15, 0.2) is 29.2 Å². The van der Waals surface area contributed by atoms with Crippen molar-refractivity contribution in [3.63, 3.8) is 0 Å². The first-order chi connectivity index (χ1) is 19.9. The predicted molar refractivity (Wildman–Crippen MR) is 139 cm³/mol. The maximum absolute atomic E-state index is 12.8. The maximum Gasteiger partial charge on any atom is 0.229 e. The van der Waals surface area contributed by atoms with Crippen molar-refractivity contribution in [2.24, 2.45) is 0 Å². The van der Waals surface area contributed by atoms with Crippen molar-refractivity contribution in [1.29, 1.82) is 0 Å². The summed E-state index contributed by atoms with van der Waals surface area (Å²) in [6.45, 7) is 0.611. The first kappa shape index (κ1) is 30.0. The zero-order valence-electron chi connectivity index (χ0n) is 21.9. The average Bonchev–Trinajstić information content (AvgIpc) is 2.96. The molecule has 0 aliphatic carbocycles. The third-order valence-electron chi connectivity index (χ3n) is 7.24. The van der Waals surface area contributed by atoms with E-state index in [1.807, 2.05) is 0 Å². The summed E-state index contributed by atoms with van der Waals surface area (Å²) >= 11 is 0. The molecular weight excluding hydrogens is 564 g/mol. The second kappa shape index (κ2) is 11.6. The van der Waals surface area contributed by atoms with Gasteiger partial charge in [-0.1, -0.05) is 0 Å². The van der Waals surface area contributed by atoms with Gasteiger partial charge in [-0.3, -0.25) is 4.79 Å². The van der Waals surface area contributed by atoms with Gasteiger partial charge < -0.3 is 69.3 Å². The normalized spacial score (nSPS) is 33.5. The number of aliphatic hydroxyl groups excluding tert-OH is 6. The maximum atomic E-state index is 12.8. The average molecular weight is 595 g/mol. The molecule has 3 heterocycles. The Kier molecular flexibility index (Phi) is 8.30. The van der Waals surface area contributed by atoms with Gasteiger partial charge in [0, 0.05) is 17.7 Å². The Labute approximate surface area is 236 Å². The molecule has 2 saturated heterocycles. The quantitative estimate of drug-likeness (QED) is 0.149. The number of aromatic hydroxyl groups is 3. The Bertz CT molecular complexity index is 1470. The molecule has 2 fully saturated rings. The van der Waals surface area contributed by atoms with Crippen LogP contribution in [0.3, 0.4) is 0 Å². The second-order valence-electron chi connectivity index (χ2n) is 10.1. The van der Waals surface area contributed by atoms with Crippen LogP contribution in [0.4, 0.5) is 0 Å². The number of rotatable bonds is 6. The van der Waals surface area contributed by atoms with Crippen LogP contribution in [0.15, 0.2) is 45.6 Å². The van der Waals surface area contributed by atoms with Crippen molar-refractivity contribution in [1.82, 2.24) is 0 Å². The number of benzene rings is 2. The highest BCUT2D eigenvalue weighted by Crippen LogP contribution is 2.42. The standard InChI is InChI=1S/C27H30O15/c1-9-18(32)21(35)23(37)26(38-9)42-25-22(36)19(33)16(8-28)41-27(25)40-15-7-13(31)17-12(30)6-14(39-24(17)20(15)34)10-2-4-11(29)5-3-10/h2-7,9,16,18-19,21-23,25-29,31-37H,8H2,1H3/t9-,16+,18-,19+,21+,22-,23+,25+,26-,27+/m0/s1. The second-order valence-corrected chi connectivity index (χ2v) is 10.1. The molecule has 0 amide bonds. The summed E-state index contributed by atoms with van der Waals surface area (Å²) in [5.41, 5.74) is -0.840. The van der Waals surface area contributed by atoms with Crippen molar-refractivity contribution in [3.05, 3.63) is 46.6 Å². The van der Waals surface area contributed by atoms with Gasteiger partial charge in [-0.25, -0.2) is 0 Å². The van der Waals surface area contributed by atoms with Gasteiger partial charge in [0.25, 0.3) is 0 Å². The van der Waals surface area contributed by atoms with Gasteiger partial charge in [-0.2, -0.15) is 0 Å². The van der Waals surface area contributed by atoms with E-state index in [0.717, 1.165) is 12.1 Å². The highest BCUT2D eigenvalue weighted by atomic mass is 16.8. The van der Waals surface area contributed by atoms with Gasteiger partial charge in [0.2, 0.25) is 12.0 Å². The number of hydrogen-bond acceptors (Lipinski definition) is 15. The van der Waals surface area contributed by atoms with Gasteiger partial charge in [-0.05, 0) is 31.2 Å². The van der Waals surface area contributed by atoms with E-state index in [9.17, 15) is 50.8 Å². The molecule has 2 aliphatic heterocycles. The van der Waals surface area contributed by atoms with Crippen LogP contribution in [-0.2, 0) is 14.2 Å². The molecule has 2 aromatic carbocycles. The summed E-state index contributed by atoms with van der Waals surface area (Å²) in [5, 5.41) is 92.3. The zero-order valence-corrected chi connectivity index (χ0v) is 21.9. The highest BCUT2D eigenvalue weighted by molar-refractivity contribution is 5.91. The van der Waals surface area contributed by atoms with Crippen LogP contribution < -0.4 is 10.2 Å². The number of ether oxygens (including phenoxy) is 4. The van der Waals surface area contributed by atoms with E-state index >= 15 is 0 Å². The fourth-order valence-corrected chi connectivity index (χ4v) is 4.84. The monoisotopic (exact) mass is 594 g/mol. The van der Waals surface area contributed by atoms with Gasteiger partial charge in [-0.15, -0.1) is 0 Å². The van der Waals surface area contributed by atoms with Crippen LogP contribution in [0.5, 0.6) is 23.0 Å². The number of hydrogen-bond donors (Lipinski definition) is 9. The summed E-state index contributed by atoms with van der Waals surface area (Å²) in [6, 6.07) is 7.55. The van der Waals surface area contributed by atoms with Crippen molar-refractivity contribution in [2.75, 3.05) is 6.61 Å². The first-order valence-electron chi connectivity index (χ1n) is 12.9. The van der Waals surface area contributed by atoms with E-state index in [4.69, 9.17) is 23.4 Å². The molecule has 5 rings (SSSR count). The Morgan fingerprint density at radius 3 is 2.19 bits per heavy atom. The minimum absolute atomic E-state index is 0.0216. The smallest absolute Gasteiger partial charge is 0.229 e. The highest BCUT2D eigenvalue weighted by Gasteiger charge is 2.51. The van der Waals surface area contributed by atoms with Gasteiger partial charge in [0.1, 0.15) is 59.3 Å². The Morgan fingerprint density at radius 2 is 1.52 bits per heavy atom. The van der Waals surface area contributed by atoms with Crippen molar-refractivity contribution >= 4 is 11.0 Å². The summed E-state index contributed by atoms with van der Waals surface area (Å²) in [7, 11) is 0. The van der Waals surface area contributed by atoms with E-state index in [-0.39, 0.29) is 16.9 Å². The van der Waals surface area contributed by atoms with E-state index < -0.39 is 96.3 Å². The fourth-order valence-electron chi connectivity index (χ4n) is 4.84. The predicted octanol–water partition coefficient (Wildman–Crippen LogP) is -1.39. The number of aliphatic hydroxyl groups is 6. The van der Waals surface area contributed by atoms with E-state index in [0.29, 0.717) is 5.56 Å². The molecule has 15 nitrogen and oxygen atoms in total. The minimum Gasteiger partial charge on any atom is -0.508 e. The molecule has 0 bridgehead atoms. The molecule has 0 unspecified atom stereocenters. The molecule has 2 aliphatic rings. The zero-order chi connectivity index (χ0) is 30.5. The van der Waals surface area contributed by atoms with E-state index in [1.165, 1.54) is 31.2 Å². The molecule has 0 saturated carbocycles. The molecular formula is C27H30O15. The molecule has 15 heteroatoms. The first-order valence-corrected chi connectivity index (χ1v) is 12.9. The molecule has 42 heavy (non-hydrogen) atoms. The molecule has 10 atom stereocenters. The number of fused-ring (bicyclic) bond motifs is 1. The third-order valence-corrected chi connectivity index (χ3v) is 7.24. The molecule has 0 radical (unpaired) electrons. The van der Waals surface area contributed by atoms with Crippen molar-refractivity contribution < 1.29 is 69.3 Å². The molecule has 3 aromatic rings. The van der Waals surface area contributed by atoms with Gasteiger partial charge in [0.05, 0.1) is 12.7 Å². The Balaban J connectivity index is 1.51. The lowest BCUT2D eigenvalue weighted by atomic mass is 9.97. The lowest BCUT2D eigenvalue weighted by Gasteiger charge is -2.45. The van der Waals surface area contributed by atoms with Crippen LogP contribution in [0.25, 0.3) is 22.3 Å². The lowest BCUT2D eigenvalue weighted by molar-refractivity contribution is -0.354. The Morgan fingerprint density at radius 1 is 0.833 bits per heavy atom. The van der Waals surface area contributed by atoms with E-state index in [2.05, 4.69) is 0 Å². The Hall–Kier alpha value is -3.51. The third kappa shape index (κ3) is 5.37. The summed E-state index contributed by atoms with van der Waals surface area (Å²) in [5.74, 6) is -2.02. The van der Waals surface area contributed by atoms with Crippen LogP contribution in [0, 0.1) is 0 Å². The summed E-state index contributed by atoms with van der Waals surface area (Å²) in [6.07, 6.45) is -16.1. The van der Waals surface area contributed by atoms with Crippen LogP contribution in [-0.4, -0.2) is 114 Å². The number of phenols is 3. The summed E-state index contributed by atoms with van der Waals surface area (Å²) < 4.78 is 28.0. The molecule has 0 spiro atoms. The number of phenolic OH excluding ortho intramolecular Hbond substituents is 3. The molecule has 9 N–H and O–H groups in total. The van der Waals surface area contributed by atoms with Crippen molar-refractivity contribution in [3.8, 4) is 34.3 Å². The van der Waals surface area contributed by atoms with Crippen LogP contribution in [0.1, 0.15) is 6.92 Å².